The van der Waals surface area contributed by atoms with Crippen LogP contribution in [0.2, 0.25) is 5.02 Å². The Morgan fingerprint density at radius 1 is 0.971 bits per heavy atom. The van der Waals surface area contributed by atoms with Crippen LogP contribution in [0, 0.1) is 0 Å². The summed E-state index contributed by atoms with van der Waals surface area (Å²) in [7, 11) is 0. The van der Waals surface area contributed by atoms with E-state index >= 15 is 0 Å². The zero-order valence-electron chi connectivity index (χ0n) is 18.3. The minimum absolute atomic E-state index is 0.0545. The van der Waals surface area contributed by atoms with Crippen LogP contribution in [0.3, 0.4) is 0 Å². The molecule has 2 N–H and O–H groups in total. The van der Waals surface area contributed by atoms with Gasteiger partial charge in [0.05, 0.1) is 0 Å². The Labute approximate surface area is 209 Å². The lowest BCUT2D eigenvalue weighted by atomic mass is 9.81. The highest BCUT2D eigenvalue weighted by molar-refractivity contribution is 7.95. The van der Waals surface area contributed by atoms with Crippen molar-refractivity contribution in [3.63, 3.8) is 0 Å². The molecule has 0 amide bonds. The standard InChI is InChI=1S/C25H20ClF3N4OS/c26-20-9-2-6-17(14-20)16-5-1-7-18(13-16)24(22-31-11-4-12-33(22)23(30)32-24)19-8-3-10-21(15-19)34-35-25(27,28)29/h1-3,5-10,13-15H,4,11-12H2,(H2,30,32). The first kappa shape index (κ1) is 23.6. The molecule has 0 spiro atoms. The summed E-state index contributed by atoms with van der Waals surface area (Å²) >= 11 is 5.66. The van der Waals surface area contributed by atoms with E-state index in [4.69, 9.17) is 31.5 Å². The molecule has 0 aliphatic carbocycles. The Balaban J connectivity index is 1.67. The molecule has 3 aromatic carbocycles. The molecule has 0 saturated carbocycles. The number of rotatable bonds is 5. The Morgan fingerprint density at radius 2 is 1.66 bits per heavy atom. The van der Waals surface area contributed by atoms with Crippen LogP contribution in [0.25, 0.3) is 11.1 Å². The summed E-state index contributed by atoms with van der Waals surface area (Å²) in [6.45, 7) is 1.26. The highest BCUT2D eigenvalue weighted by atomic mass is 35.5. The maximum atomic E-state index is 12.8. The van der Waals surface area contributed by atoms with Crippen molar-refractivity contribution in [1.82, 2.24) is 4.90 Å². The van der Waals surface area contributed by atoms with Gasteiger partial charge in [-0.1, -0.05) is 54.1 Å². The normalized spacial score (nSPS) is 19.7. The summed E-state index contributed by atoms with van der Waals surface area (Å²) < 4.78 is 43.2. The molecule has 2 aliphatic heterocycles. The molecule has 0 aromatic heterocycles. The quantitative estimate of drug-likeness (QED) is 0.408. The maximum absolute atomic E-state index is 12.8. The van der Waals surface area contributed by atoms with Crippen molar-refractivity contribution in [3.8, 4) is 16.9 Å². The van der Waals surface area contributed by atoms with Gasteiger partial charge in [-0.2, -0.15) is 13.2 Å². The molecule has 1 unspecified atom stereocenters. The van der Waals surface area contributed by atoms with Crippen LogP contribution in [0.5, 0.6) is 5.75 Å². The summed E-state index contributed by atoms with van der Waals surface area (Å²) in [5.41, 5.74) is 3.91. The van der Waals surface area contributed by atoms with Gasteiger partial charge in [0, 0.05) is 18.1 Å². The van der Waals surface area contributed by atoms with E-state index in [0.717, 1.165) is 23.1 Å². The van der Waals surface area contributed by atoms with Crippen molar-refractivity contribution in [2.45, 2.75) is 17.5 Å². The summed E-state index contributed by atoms with van der Waals surface area (Å²) in [6, 6.07) is 21.7. The fraction of sp³-hybridized carbons (Fsp3) is 0.200. The Kier molecular flexibility index (Phi) is 6.14. The van der Waals surface area contributed by atoms with Crippen LogP contribution < -0.4 is 9.92 Å². The highest BCUT2D eigenvalue weighted by Gasteiger charge is 2.49. The van der Waals surface area contributed by atoms with Gasteiger partial charge in [0.1, 0.15) is 11.6 Å². The van der Waals surface area contributed by atoms with Gasteiger partial charge >= 0.3 is 5.51 Å². The largest absolute Gasteiger partial charge is 0.479 e. The molecule has 0 fully saturated rings. The molecule has 0 bridgehead atoms. The lowest BCUT2D eigenvalue weighted by Gasteiger charge is -2.33. The average Bonchev–Trinajstić information content (AvgIpc) is 3.16. The van der Waals surface area contributed by atoms with Gasteiger partial charge in [-0.3, -0.25) is 9.89 Å². The van der Waals surface area contributed by atoms with Crippen molar-refractivity contribution in [3.05, 3.63) is 88.9 Å². The van der Waals surface area contributed by atoms with Crippen molar-refractivity contribution in [2.24, 2.45) is 15.7 Å². The smallest absolute Gasteiger partial charge is 0.417 e. The second-order valence-electron chi connectivity index (χ2n) is 8.12. The topological polar surface area (TPSA) is 63.2 Å². The number of hydrogen-bond acceptors (Lipinski definition) is 6. The van der Waals surface area contributed by atoms with Gasteiger partial charge in [-0.25, -0.2) is 4.99 Å². The highest BCUT2D eigenvalue weighted by Crippen LogP contribution is 2.44. The Morgan fingerprint density at radius 3 is 2.40 bits per heavy atom. The second-order valence-corrected chi connectivity index (χ2v) is 9.36. The summed E-state index contributed by atoms with van der Waals surface area (Å²) in [4.78, 5) is 11.5. The number of aliphatic imine (C=N–C) groups is 2. The maximum Gasteiger partial charge on any atom is 0.479 e. The molecule has 3 aromatic rings. The molecule has 10 heteroatoms. The number of nitrogens with two attached hydrogens (primary N) is 1. The monoisotopic (exact) mass is 516 g/mol. The predicted molar refractivity (Wildman–Crippen MR) is 134 cm³/mol. The van der Waals surface area contributed by atoms with Crippen LogP contribution in [0.1, 0.15) is 17.5 Å². The third-order valence-corrected chi connectivity index (χ3v) is 6.56. The fourth-order valence-corrected chi connectivity index (χ4v) is 4.92. The van der Waals surface area contributed by atoms with Crippen LogP contribution in [-0.2, 0) is 5.54 Å². The Bertz CT molecular complexity index is 1330. The minimum Gasteiger partial charge on any atom is -0.417 e. The molecule has 0 saturated heterocycles. The summed E-state index contributed by atoms with van der Waals surface area (Å²) in [5.74, 6) is 1.01. The third-order valence-electron chi connectivity index (χ3n) is 5.86. The zero-order valence-corrected chi connectivity index (χ0v) is 19.9. The molecule has 0 radical (unpaired) electrons. The summed E-state index contributed by atoms with van der Waals surface area (Å²) in [5, 5.41) is 0.612. The van der Waals surface area contributed by atoms with Crippen molar-refractivity contribution in [1.29, 1.82) is 0 Å². The van der Waals surface area contributed by atoms with Gasteiger partial charge in [-0.15, -0.1) is 0 Å². The number of hydrogen-bond donors (Lipinski definition) is 1. The van der Waals surface area contributed by atoms with Crippen molar-refractivity contribution < 1.29 is 17.4 Å². The third kappa shape index (κ3) is 4.58. The fourth-order valence-electron chi connectivity index (χ4n) is 4.43. The first-order valence-electron chi connectivity index (χ1n) is 10.8. The van der Waals surface area contributed by atoms with E-state index < -0.39 is 23.1 Å². The SMILES string of the molecule is NC1=NC(c2cccc(OSC(F)(F)F)c2)(c2cccc(-c3cccc(Cl)c3)c2)C2=NCCCN12. The van der Waals surface area contributed by atoms with Gasteiger partial charge in [0.25, 0.3) is 0 Å². The molecule has 2 heterocycles. The molecule has 1 atom stereocenters. The van der Waals surface area contributed by atoms with E-state index in [2.05, 4.69) is 0 Å². The number of fused-ring (bicyclic) bond motifs is 1. The molecule has 180 valence electrons. The van der Waals surface area contributed by atoms with Gasteiger partial charge in [-0.05, 0) is 59.0 Å². The molecular weight excluding hydrogens is 497 g/mol. The van der Waals surface area contributed by atoms with E-state index in [0.29, 0.717) is 35.5 Å². The van der Waals surface area contributed by atoms with Crippen LogP contribution in [0.15, 0.2) is 82.8 Å². The van der Waals surface area contributed by atoms with E-state index in [1.54, 1.807) is 24.3 Å². The van der Waals surface area contributed by atoms with Crippen LogP contribution in [0.4, 0.5) is 13.2 Å². The van der Waals surface area contributed by atoms with Crippen LogP contribution in [-0.4, -0.2) is 35.3 Å². The first-order chi connectivity index (χ1) is 16.8. The number of guanidine groups is 1. The van der Waals surface area contributed by atoms with E-state index in [-0.39, 0.29) is 5.75 Å². The average molecular weight is 517 g/mol. The molecule has 35 heavy (non-hydrogen) atoms. The van der Waals surface area contributed by atoms with E-state index in [9.17, 15) is 13.2 Å². The first-order valence-corrected chi connectivity index (χ1v) is 12.0. The number of halogens is 4. The Hall–Kier alpha value is -3.17. The van der Waals surface area contributed by atoms with Gasteiger partial charge in [0.2, 0.25) is 0 Å². The molecule has 2 aliphatic rings. The van der Waals surface area contributed by atoms with Gasteiger partial charge in [0.15, 0.2) is 23.5 Å². The van der Waals surface area contributed by atoms with E-state index in [1.165, 1.54) is 6.07 Å². The molecular formula is C25H20ClF3N4OS. The second kappa shape index (κ2) is 9.13. The van der Waals surface area contributed by atoms with Crippen LogP contribution >= 0.6 is 23.6 Å². The van der Waals surface area contributed by atoms with Crippen molar-refractivity contribution >= 4 is 35.4 Å². The minimum atomic E-state index is -4.53. The zero-order chi connectivity index (χ0) is 24.6. The summed E-state index contributed by atoms with van der Waals surface area (Å²) in [6.07, 6.45) is 0.823. The predicted octanol–water partition coefficient (Wildman–Crippen LogP) is 6.23. The lowest BCUT2D eigenvalue weighted by Crippen LogP contribution is -2.46. The van der Waals surface area contributed by atoms with E-state index in [1.807, 2.05) is 47.4 Å². The van der Waals surface area contributed by atoms with Crippen molar-refractivity contribution in [2.75, 3.05) is 13.1 Å². The van der Waals surface area contributed by atoms with Gasteiger partial charge < -0.3 is 9.92 Å². The number of amidine groups is 1. The number of alkyl halides is 3. The lowest BCUT2D eigenvalue weighted by molar-refractivity contribution is -0.0369. The number of benzene rings is 3. The molecule has 5 rings (SSSR count). The molecule has 5 nitrogen and oxygen atoms in total. The number of nitrogens with zero attached hydrogens (tertiary/aromatic N) is 3.